The number of aromatic nitrogens is 4. The SMILES string of the molecule is CCC[C@H](C)Nc1ncc2c3ccc(CN4CCN(c5ccncc5)CC4)cc3c(=O)n(C3CCCCC3)c2n1. The van der Waals surface area contributed by atoms with Crippen LogP contribution in [0, 0.1) is 0 Å². The Hall–Kier alpha value is -3.52. The first-order chi connectivity index (χ1) is 19.6. The van der Waals surface area contributed by atoms with Crippen LogP contribution < -0.4 is 15.8 Å². The molecule has 0 amide bonds. The van der Waals surface area contributed by atoms with E-state index in [1.54, 1.807) is 0 Å². The summed E-state index contributed by atoms with van der Waals surface area (Å²) in [5.74, 6) is 0.610. The van der Waals surface area contributed by atoms with E-state index in [9.17, 15) is 4.79 Å². The highest BCUT2D eigenvalue weighted by Crippen LogP contribution is 2.32. The van der Waals surface area contributed by atoms with E-state index in [0.717, 1.165) is 93.1 Å². The van der Waals surface area contributed by atoms with Gasteiger partial charge in [-0.15, -0.1) is 0 Å². The fourth-order valence-corrected chi connectivity index (χ4v) is 6.52. The van der Waals surface area contributed by atoms with Gasteiger partial charge in [-0.3, -0.25) is 19.2 Å². The van der Waals surface area contributed by atoms with Gasteiger partial charge in [0.05, 0.1) is 0 Å². The van der Waals surface area contributed by atoms with Crippen molar-refractivity contribution >= 4 is 33.4 Å². The maximum absolute atomic E-state index is 14.2. The van der Waals surface area contributed by atoms with E-state index in [1.807, 2.05) is 23.2 Å². The van der Waals surface area contributed by atoms with Crippen LogP contribution in [0.5, 0.6) is 0 Å². The topological polar surface area (TPSA) is 79.2 Å². The smallest absolute Gasteiger partial charge is 0.260 e. The highest BCUT2D eigenvalue weighted by atomic mass is 16.1. The summed E-state index contributed by atoms with van der Waals surface area (Å²) >= 11 is 0. The first kappa shape index (κ1) is 26.7. The summed E-state index contributed by atoms with van der Waals surface area (Å²) in [6, 6.07) is 11.0. The lowest BCUT2D eigenvalue weighted by Crippen LogP contribution is -2.45. The number of benzene rings is 1. The van der Waals surface area contributed by atoms with Crippen molar-refractivity contribution in [2.24, 2.45) is 0 Å². The van der Waals surface area contributed by atoms with Gasteiger partial charge in [0, 0.05) is 79.9 Å². The molecule has 0 unspecified atom stereocenters. The van der Waals surface area contributed by atoms with Crippen LogP contribution in [0.4, 0.5) is 11.6 Å². The Morgan fingerprint density at radius 2 is 1.75 bits per heavy atom. The molecule has 0 radical (unpaired) electrons. The number of piperazine rings is 1. The first-order valence-corrected chi connectivity index (χ1v) is 15.1. The van der Waals surface area contributed by atoms with Crippen LogP contribution in [0.2, 0.25) is 0 Å². The summed E-state index contributed by atoms with van der Waals surface area (Å²) in [7, 11) is 0. The fraction of sp³-hybridized carbons (Fsp3) is 0.500. The molecular weight excluding hydrogens is 498 g/mol. The molecule has 1 aromatic carbocycles. The fourth-order valence-electron chi connectivity index (χ4n) is 6.52. The minimum Gasteiger partial charge on any atom is -0.369 e. The molecular formula is C32H41N7O. The number of anilines is 2. The Kier molecular flexibility index (Phi) is 7.96. The number of hydrogen-bond donors (Lipinski definition) is 1. The number of nitrogens with one attached hydrogen (secondary N) is 1. The van der Waals surface area contributed by atoms with Crippen LogP contribution >= 0.6 is 0 Å². The van der Waals surface area contributed by atoms with Crippen LogP contribution in [-0.4, -0.2) is 56.6 Å². The maximum atomic E-state index is 14.2. The summed E-state index contributed by atoms with van der Waals surface area (Å²) in [6.45, 7) is 9.14. The second kappa shape index (κ2) is 11.9. The summed E-state index contributed by atoms with van der Waals surface area (Å²) in [5, 5.41) is 6.15. The zero-order chi connectivity index (χ0) is 27.5. The molecule has 1 saturated carbocycles. The van der Waals surface area contributed by atoms with Gasteiger partial charge in [0.2, 0.25) is 5.95 Å². The van der Waals surface area contributed by atoms with Gasteiger partial charge < -0.3 is 10.2 Å². The molecule has 1 aliphatic heterocycles. The van der Waals surface area contributed by atoms with Crippen molar-refractivity contribution in [2.75, 3.05) is 36.4 Å². The van der Waals surface area contributed by atoms with Crippen LogP contribution in [0.3, 0.4) is 0 Å². The Labute approximate surface area is 236 Å². The summed E-state index contributed by atoms with van der Waals surface area (Å²) in [4.78, 5) is 32.9. The Bertz CT molecular complexity index is 1510. The Morgan fingerprint density at radius 1 is 0.975 bits per heavy atom. The van der Waals surface area contributed by atoms with E-state index in [0.29, 0.717) is 5.95 Å². The van der Waals surface area contributed by atoms with Gasteiger partial charge in [0.25, 0.3) is 5.56 Å². The standard InChI is InChI=1S/C32H41N7O/c1-3-7-23(2)35-32-34-21-29-27-11-10-24(22-37-16-18-38(19-17-37)25-12-14-33-15-13-25)20-28(27)31(40)39(30(29)36-32)26-8-5-4-6-9-26/h10-15,20-21,23,26H,3-9,16-19,22H2,1-2H3,(H,34,35,36)/t23-/m0/s1. The number of rotatable bonds is 8. The Morgan fingerprint density at radius 3 is 2.50 bits per heavy atom. The Balaban J connectivity index is 1.31. The molecule has 6 rings (SSSR count). The third-order valence-electron chi connectivity index (χ3n) is 8.66. The van der Waals surface area contributed by atoms with E-state index in [-0.39, 0.29) is 17.6 Å². The molecule has 210 valence electrons. The van der Waals surface area contributed by atoms with Crippen molar-refractivity contribution in [3.05, 3.63) is 64.8 Å². The third kappa shape index (κ3) is 5.55. The van der Waals surface area contributed by atoms with Gasteiger partial charge in [0.1, 0.15) is 5.65 Å². The zero-order valence-corrected chi connectivity index (χ0v) is 23.9. The van der Waals surface area contributed by atoms with Crippen LogP contribution in [0.1, 0.15) is 70.4 Å². The molecule has 1 atom stereocenters. The first-order valence-electron chi connectivity index (χ1n) is 15.1. The highest BCUT2D eigenvalue weighted by molar-refractivity contribution is 6.04. The van der Waals surface area contributed by atoms with Crippen LogP contribution in [-0.2, 0) is 6.54 Å². The monoisotopic (exact) mass is 539 g/mol. The largest absolute Gasteiger partial charge is 0.369 e. The van der Waals surface area contributed by atoms with Crippen molar-refractivity contribution in [2.45, 2.75) is 77.4 Å². The molecule has 1 saturated heterocycles. The summed E-state index contributed by atoms with van der Waals surface area (Å²) < 4.78 is 2.01. The van der Waals surface area contributed by atoms with Gasteiger partial charge in [-0.25, -0.2) is 4.98 Å². The molecule has 4 aromatic rings. The van der Waals surface area contributed by atoms with E-state index >= 15 is 0 Å². The molecule has 8 heteroatoms. The van der Waals surface area contributed by atoms with E-state index in [1.165, 1.54) is 17.7 Å². The van der Waals surface area contributed by atoms with Crippen molar-refractivity contribution in [1.82, 2.24) is 24.4 Å². The van der Waals surface area contributed by atoms with E-state index < -0.39 is 0 Å². The average molecular weight is 540 g/mol. The number of hydrogen-bond acceptors (Lipinski definition) is 7. The van der Waals surface area contributed by atoms with Gasteiger partial charge in [0.15, 0.2) is 0 Å². The molecule has 1 N–H and O–H groups in total. The van der Waals surface area contributed by atoms with E-state index in [2.05, 4.69) is 69.3 Å². The van der Waals surface area contributed by atoms with Gasteiger partial charge in [-0.2, -0.15) is 4.98 Å². The molecule has 1 aliphatic carbocycles. The van der Waals surface area contributed by atoms with Gasteiger partial charge in [-0.05, 0) is 55.3 Å². The van der Waals surface area contributed by atoms with Crippen LogP contribution in [0.25, 0.3) is 21.8 Å². The van der Waals surface area contributed by atoms with Crippen molar-refractivity contribution in [3.8, 4) is 0 Å². The molecule has 2 aliphatic rings. The molecule has 3 aromatic heterocycles. The quantitative estimate of drug-likeness (QED) is 0.285. The van der Waals surface area contributed by atoms with Crippen LogP contribution in [0.15, 0.2) is 53.7 Å². The lowest BCUT2D eigenvalue weighted by Gasteiger charge is -2.36. The van der Waals surface area contributed by atoms with Crippen molar-refractivity contribution < 1.29 is 0 Å². The zero-order valence-electron chi connectivity index (χ0n) is 23.9. The molecule has 8 nitrogen and oxygen atoms in total. The van der Waals surface area contributed by atoms with Crippen molar-refractivity contribution in [3.63, 3.8) is 0 Å². The minimum absolute atomic E-state index is 0.0880. The second-order valence-corrected chi connectivity index (χ2v) is 11.6. The van der Waals surface area contributed by atoms with Gasteiger partial charge >= 0.3 is 0 Å². The highest BCUT2D eigenvalue weighted by Gasteiger charge is 2.23. The van der Waals surface area contributed by atoms with E-state index in [4.69, 9.17) is 4.98 Å². The predicted octanol–water partition coefficient (Wildman–Crippen LogP) is 5.77. The number of pyridine rings is 2. The van der Waals surface area contributed by atoms with Gasteiger partial charge in [-0.1, -0.05) is 44.7 Å². The lowest BCUT2D eigenvalue weighted by atomic mass is 9.94. The summed E-state index contributed by atoms with van der Waals surface area (Å²) in [6.07, 6.45) is 13.4. The second-order valence-electron chi connectivity index (χ2n) is 11.6. The molecule has 4 heterocycles. The molecule has 40 heavy (non-hydrogen) atoms. The molecule has 2 fully saturated rings. The third-order valence-corrected chi connectivity index (χ3v) is 8.66. The lowest BCUT2D eigenvalue weighted by molar-refractivity contribution is 0.250. The average Bonchev–Trinajstić information content (AvgIpc) is 2.99. The minimum atomic E-state index is 0.0880. The summed E-state index contributed by atoms with van der Waals surface area (Å²) in [5.41, 5.74) is 3.27. The molecule has 0 bridgehead atoms. The maximum Gasteiger partial charge on any atom is 0.260 e. The van der Waals surface area contributed by atoms with Crippen molar-refractivity contribution in [1.29, 1.82) is 0 Å². The molecule has 0 spiro atoms. The number of fused-ring (bicyclic) bond motifs is 3. The normalized spacial score (nSPS) is 17.9. The predicted molar refractivity (Wildman–Crippen MR) is 163 cm³/mol. The number of nitrogens with zero attached hydrogens (tertiary/aromatic N) is 6.